The summed E-state index contributed by atoms with van der Waals surface area (Å²) < 4.78 is 44.8. The summed E-state index contributed by atoms with van der Waals surface area (Å²) in [6.45, 7) is 4.67. The van der Waals surface area contributed by atoms with E-state index in [0.29, 0.717) is 0 Å². The van der Waals surface area contributed by atoms with Crippen molar-refractivity contribution in [2.24, 2.45) is 0 Å². The second-order valence-electron chi connectivity index (χ2n) is 5.78. The molecule has 2 heterocycles. The monoisotopic (exact) mass is 359 g/mol. The first-order chi connectivity index (χ1) is 11.3. The fourth-order valence-electron chi connectivity index (χ4n) is 2.41. The number of aromatic nitrogens is 1. The number of amides is 1. The number of rotatable bonds is 6. The summed E-state index contributed by atoms with van der Waals surface area (Å²) in [5.74, 6) is -1.21. The molecule has 0 bridgehead atoms. The zero-order chi connectivity index (χ0) is 17.7. The van der Waals surface area contributed by atoms with Crippen LogP contribution in [0.5, 0.6) is 0 Å². The number of piperazine rings is 1. The normalized spacial score (nSPS) is 16.6. The number of sulfonamides is 1. The Bertz CT molecular complexity index is 673. The Morgan fingerprint density at radius 3 is 2.58 bits per heavy atom. The van der Waals surface area contributed by atoms with Crippen LogP contribution < -0.4 is 0 Å². The van der Waals surface area contributed by atoms with Crippen molar-refractivity contribution in [3.8, 4) is 0 Å². The topological polar surface area (TPSA) is 79.8 Å². The Hall–Kier alpha value is -1.58. The number of ether oxygens (including phenoxy) is 1. The molecule has 134 valence electrons. The average molecular weight is 359 g/mol. The van der Waals surface area contributed by atoms with Crippen LogP contribution in [0, 0.1) is 5.82 Å². The standard InChI is InChI=1S/C15H22FN3O4S/c1-12(2)23-9-10-24(21,22)19-7-5-18(6-8-19)15(20)13-3-4-17-11-14(13)16/h3-4,11-12H,5-10H2,1-2H3. The molecule has 0 N–H and O–H groups in total. The third-order valence-electron chi connectivity index (χ3n) is 3.71. The highest BCUT2D eigenvalue weighted by Gasteiger charge is 2.29. The summed E-state index contributed by atoms with van der Waals surface area (Å²) in [5, 5.41) is 0. The molecule has 24 heavy (non-hydrogen) atoms. The van der Waals surface area contributed by atoms with Gasteiger partial charge in [0.1, 0.15) is 0 Å². The van der Waals surface area contributed by atoms with Gasteiger partial charge in [0.15, 0.2) is 5.82 Å². The lowest BCUT2D eigenvalue weighted by molar-refractivity contribution is 0.0688. The van der Waals surface area contributed by atoms with E-state index in [-0.39, 0.29) is 50.2 Å². The molecule has 9 heteroatoms. The van der Waals surface area contributed by atoms with Crippen molar-refractivity contribution in [3.05, 3.63) is 29.8 Å². The molecule has 1 saturated heterocycles. The zero-order valence-electron chi connectivity index (χ0n) is 13.8. The number of hydrogen-bond acceptors (Lipinski definition) is 5. The van der Waals surface area contributed by atoms with Gasteiger partial charge in [0, 0.05) is 32.4 Å². The molecule has 0 radical (unpaired) electrons. The zero-order valence-corrected chi connectivity index (χ0v) is 14.6. The second-order valence-corrected chi connectivity index (χ2v) is 7.87. The SMILES string of the molecule is CC(C)OCCS(=O)(=O)N1CCN(C(=O)c2ccncc2F)CC1. The summed E-state index contributed by atoms with van der Waals surface area (Å²) in [6, 6.07) is 1.32. The summed E-state index contributed by atoms with van der Waals surface area (Å²) in [5.41, 5.74) is -0.0494. The summed E-state index contributed by atoms with van der Waals surface area (Å²) in [4.78, 5) is 17.4. The Morgan fingerprint density at radius 1 is 1.33 bits per heavy atom. The highest BCUT2D eigenvalue weighted by Crippen LogP contribution is 2.13. The summed E-state index contributed by atoms with van der Waals surface area (Å²) >= 11 is 0. The first-order valence-electron chi connectivity index (χ1n) is 7.79. The smallest absolute Gasteiger partial charge is 0.257 e. The Morgan fingerprint density at radius 2 is 2.00 bits per heavy atom. The van der Waals surface area contributed by atoms with E-state index in [2.05, 4.69) is 4.98 Å². The minimum Gasteiger partial charge on any atom is -0.378 e. The predicted octanol–water partition coefficient (Wildman–Crippen LogP) is 0.733. The van der Waals surface area contributed by atoms with Gasteiger partial charge in [-0.05, 0) is 19.9 Å². The molecular weight excluding hydrogens is 337 g/mol. The average Bonchev–Trinajstić information content (AvgIpc) is 2.54. The van der Waals surface area contributed by atoms with Gasteiger partial charge >= 0.3 is 0 Å². The molecule has 2 rings (SSSR count). The van der Waals surface area contributed by atoms with E-state index in [0.717, 1.165) is 6.20 Å². The first kappa shape index (κ1) is 18.8. The van der Waals surface area contributed by atoms with Crippen LogP contribution in [0.3, 0.4) is 0 Å². The Kier molecular flexibility index (Phi) is 6.25. The van der Waals surface area contributed by atoms with E-state index in [1.807, 2.05) is 13.8 Å². The lowest BCUT2D eigenvalue weighted by Gasteiger charge is -2.34. The van der Waals surface area contributed by atoms with Gasteiger partial charge in [-0.2, -0.15) is 4.31 Å². The van der Waals surface area contributed by atoms with Crippen molar-refractivity contribution in [2.75, 3.05) is 38.5 Å². The van der Waals surface area contributed by atoms with Crippen molar-refractivity contribution < 1.29 is 22.3 Å². The van der Waals surface area contributed by atoms with E-state index >= 15 is 0 Å². The fourth-order valence-corrected chi connectivity index (χ4v) is 3.69. The van der Waals surface area contributed by atoms with Crippen molar-refractivity contribution in [2.45, 2.75) is 20.0 Å². The molecule has 0 atom stereocenters. The van der Waals surface area contributed by atoms with Crippen LogP contribution in [-0.4, -0.2) is 73.2 Å². The Balaban J connectivity index is 1.91. The molecule has 0 saturated carbocycles. The number of halogens is 1. The molecule has 1 aromatic rings. The number of carbonyl (C=O) groups excluding carboxylic acids is 1. The highest BCUT2D eigenvalue weighted by molar-refractivity contribution is 7.89. The molecule has 1 fully saturated rings. The summed E-state index contributed by atoms with van der Waals surface area (Å²) in [6.07, 6.45) is 2.32. The van der Waals surface area contributed by atoms with Gasteiger partial charge < -0.3 is 9.64 Å². The molecule has 1 aliphatic heterocycles. The molecule has 0 spiro atoms. The molecule has 7 nitrogen and oxygen atoms in total. The van der Waals surface area contributed by atoms with Crippen molar-refractivity contribution in [1.82, 2.24) is 14.2 Å². The lowest BCUT2D eigenvalue weighted by Crippen LogP contribution is -2.51. The quantitative estimate of drug-likeness (QED) is 0.748. The van der Waals surface area contributed by atoms with Crippen molar-refractivity contribution in [1.29, 1.82) is 0 Å². The Labute approximate surface area is 141 Å². The molecule has 0 aromatic carbocycles. The predicted molar refractivity (Wildman–Crippen MR) is 86.5 cm³/mol. The van der Waals surface area contributed by atoms with E-state index in [4.69, 9.17) is 4.74 Å². The van der Waals surface area contributed by atoms with Crippen LogP contribution in [0.25, 0.3) is 0 Å². The molecule has 1 amide bonds. The fraction of sp³-hybridized carbons (Fsp3) is 0.600. The maximum Gasteiger partial charge on any atom is 0.257 e. The van der Waals surface area contributed by atoms with Crippen LogP contribution in [0.4, 0.5) is 4.39 Å². The number of carbonyl (C=O) groups is 1. The van der Waals surface area contributed by atoms with E-state index < -0.39 is 21.7 Å². The van der Waals surface area contributed by atoms with Gasteiger partial charge in [-0.1, -0.05) is 0 Å². The maximum atomic E-state index is 13.6. The van der Waals surface area contributed by atoms with E-state index in [1.54, 1.807) is 0 Å². The van der Waals surface area contributed by atoms with Gasteiger partial charge in [-0.25, -0.2) is 12.8 Å². The second kappa shape index (κ2) is 8.00. The minimum absolute atomic E-state index is 0.0232. The third-order valence-corrected chi connectivity index (χ3v) is 5.55. The van der Waals surface area contributed by atoms with Crippen molar-refractivity contribution in [3.63, 3.8) is 0 Å². The van der Waals surface area contributed by atoms with Gasteiger partial charge in [0.05, 0.1) is 30.2 Å². The van der Waals surface area contributed by atoms with Crippen LogP contribution >= 0.6 is 0 Å². The molecule has 1 aliphatic rings. The van der Waals surface area contributed by atoms with Crippen LogP contribution in [0.2, 0.25) is 0 Å². The summed E-state index contributed by atoms with van der Waals surface area (Å²) in [7, 11) is -3.41. The molecule has 1 aromatic heterocycles. The van der Waals surface area contributed by atoms with Gasteiger partial charge in [0.2, 0.25) is 10.0 Å². The molecular formula is C15H22FN3O4S. The first-order valence-corrected chi connectivity index (χ1v) is 9.40. The van der Waals surface area contributed by atoms with Crippen LogP contribution in [0.1, 0.15) is 24.2 Å². The van der Waals surface area contributed by atoms with Crippen LogP contribution in [0.15, 0.2) is 18.5 Å². The van der Waals surface area contributed by atoms with E-state index in [1.165, 1.54) is 21.5 Å². The van der Waals surface area contributed by atoms with Crippen LogP contribution in [-0.2, 0) is 14.8 Å². The number of hydrogen-bond donors (Lipinski definition) is 0. The van der Waals surface area contributed by atoms with Gasteiger partial charge in [-0.15, -0.1) is 0 Å². The van der Waals surface area contributed by atoms with E-state index in [9.17, 15) is 17.6 Å². The number of pyridine rings is 1. The maximum absolute atomic E-state index is 13.6. The number of nitrogens with zero attached hydrogens (tertiary/aromatic N) is 3. The molecule has 0 aliphatic carbocycles. The van der Waals surface area contributed by atoms with Crippen molar-refractivity contribution >= 4 is 15.9 Å². The van der Waals surface area contributed by atoms with Gasteiger partial charge in [0.25, 0.3) is 5.91 Å². The minimum atomic E-state index is -3.41. The lowest BCUT2D eigenvalue weighted by atomic mass is 10.2. The molecule has 0 unspecified atom stereocenters. The third kappa shape index (κ3) is 4.71. The largest absolute Gasteiger partial charge is 0.378 e. The highest BCUT2D eigenvalue weighted by atomic mass is 32.2. The van der Waals surface area contributed by atoms with Gasteiger partial charge in [-0.3, -0.25) is 9.78 Å².